The molecule has 2 atom stereocenters. The van der Waals surface area contributed by atoms with E-state index in [1.807, 2.05) is 0 Å². The number of hydrogen-bond acceptors (Lipinski definition) is 5. The molecule has 0 amide bonds. The Labute approximate surface area is 158 Å². The maximum absolute atomic E-state index is 13.7. The number of carboxylic acid groups (broad SMARTS) is 1. The molecule has 28 heavy (non-hydrogen) atoms. The van der Waals surface area contributed by atoms with Crippen molar-refractivity contribution in [1.82, 2.24) is 4.90 Å². The summed E-state index contributed by atoms with van der Waals surface area (Å²) in [4.78, 5) is 15.6. The number of allylic oxidation sites excluding steroid dienone is 2. The van der Waals surface area contributed by atoms with Crippen LogP contribution in [0.1, 0.15) is 20.3 Å². The number of ether oxygens (including phenoxy) is 2. The number of likely N-dealkylation sites (N-methyl/N-ethyl adjacent to an activating group) is 1. The quantitative estimate of drug-likeness (QED) is 0.287. The van der Waals surface area contributed by atoms with E-state index in [-0.39, 0.29) is 35.5 Å². The van der Waals surface area contributed by atoms with Crippen LogP contribution in [0.5, 0.6) is 0 Å². The van der Waals surface area contributed by atoms with Crippen molar-refractivity contribution in [2.75, 3.05) is 20.3 Å². The minimum Gasteiger partial charge on any atom is -0.480 e. The highest BCUT2D eigenvalue weighted by Gasteiger charge is 2.50. The molecule has 0 radical (unpaired) electrons. The average Bonchev–Trinajstić information content (AvgIpc) is 3.34. The van der Waals surface area contributed by atoms with Crippen LogP contribution in [0.2, 0.25) is 0 Å². The first-order valence-corrected chi connectivity index (χ1v) is 8.50. The molecule has 1 saturated heterocycles. The van der Waals surface area contributed by atoms with Crippen molar-refractivity contribution in [2.45, 2.75) is 45.0 Å². The molecular formula is C17H21F5N2O4. The summed E-state index contributed by atoms with van der Waals surface area (Å²) in [5.41, 5.74) is -3.33. The summed E-state index contributed by atoms with van der Waals surface area (Å²) in [5, 5.41) is 9.50. The molecule has 2 aliphatic heterocycles. The first-order chi connectivity index (χ1) is 12.9. The molecule has 2 aliphatic rings. The molecular weight excluding hydrogens is 391 g/mol. The summed E-state index contributed by atoms with van der Waals surface area (Å²) in [6, 6.07) is -2.25. The highest BCUT2D eigenvalue weighted by molar-refractivity contribution is 5.91. The Morgan fingerprint density at radius 1 is 1.43 bits per heavy atom. The molecule has 1 N–H and O–H groups in total. The third-order valence-electron chi connectivity index (χ3n) is 4.19. The largest absolute Gasteiger partial charge is 0.480 e. The summed E-state index contributed by atoms with van der Waals surface area (Å²) in [5.74, 6) is -2.01. The van der Waals surface area contributed by atoms with Gasteiger partial charge in [-0.3, -0.25) is 0 Å². The van der Waals surface area contributed by atoms with Gasteiger partial charge in [0, 0.05) is 7.05 Å². The van der Waals surface area contributed by atoms with E-state index in [1.165, 1.54) is 0 Å². The van der Waals surface area contributed by atoms with Crippen LogP contribution in [0.3, 0.4) is 0 Å². The van der Waals surface area contributed by atoms with Gasteiger partial charge in [-0.15, -0.1) is 0 Å². The van der Waals surface area contributed by atoms with E-state index >= 15 is 0 Å². The predicted molar refractivity (Wildman–Crippen MR) is 88.9 cm³/mol. The second kappa shape index (κ2) is 8.46. The second-order valence-electron chi connectivity index (χ2n) is 6.90. The van der Waals surface area contributed by atoms with Crippen molar-refractivity contribution in [3.8, 4) is 0 Å². The zero-order valence-electron chi connectivity index (χ0n) is 15.5. The zero-order chi connectivity index (χ0) is 21.2. The Bertz CT molecular complexity index is 696. The average molecular weight is 412 g/mol. The van der Waals surface area contributed by atoms with E-state index < -0.39 is 41.6 Å². The molecule has 2 unspecified atom stereocenters. The SMILES string of the molecule is CC(C)CC1=C(C(=O)O)C(C(F)F)N(C)C(C(F)(F)F)=C1N=COCC1CO1. The number of carbonyl (C=O) groups is 1. The summed E-state index contributed by atoms with van der Waals surface area (Å²) in [6.07, 6.45) is -7.94. The molecule has 0 aromatic carbocycles. The predicted octanol–water partition coefficient (Wildman–Crippen LogP) is 3.21. The van der Waals surface area contributed by atoms with Crippen molar-refractivity contribution < 1.29 is 41.3 Å². The molecule has 1 fully saturated rings. The molecule has 158 valence electrons. The maximum Gasteiger partial charge on any atom is 0.433 e. The van der Waals surface area contributed by atoms with Gasteiger partial charge in [0.2, 0.25) is 0 Å². The second-order valence-corrected chi connectivity index (χ2v) is 6.90. The first kappa shape index (κ1) is 22.1. The number of nitrogens with zero attached hydrogens (tertiary/aromatic N) is 2. The monoisotopic (exact) mass is 412 g/mol. The van der Waals surface area contributed by atoms with Crippen LogP contribution in [0.15, 0.2) is 27.5 Å². The van der Waals surface area contributed by atoms with E-state index in [0.717, 1.165) is 13.4 Å². The van der Waals surface area contributed by atoms with E-state index in [1.54, 1.807) is 13.8 Å². The fraction of sp³-hybridized carbons (Fsp3) is 0.647. The zero-order valence-corrected chi connectivity index (χ0v) is 15.5. The van der Waals surface area contributed by atoms with E-state index in [9.17, 15) is 31.9 Å². The van der Waals surface area contributed by atoms with Gasteiger partial charge in [-0.05, 0) is 17.9 Å². The molecule has 0 bridgehead atoms. The van der Waals surface area contributed by atoms with Gasteiger partial charge in [-0.2, -0.15) is 13.2 Å². The van der Waals surface area contributed by atoms with E-state index in [4.69, 9.17) is 9.47 Å². The minimum atomic E-state index is -5.03. The van der Waals surface area contributed by atoms with Gasteiger partial charge >= 0.3 is 12.1 Å². The number of alkyl halides is 5. The van der Waals surface area contributed by atoms with Gasteiger partial charge in [-0.25, -0.2) is 18.6 Å². The van der Waals surface area contributed by atoms with Gasteiger partial charge in [0.15, 0.2) is 6.40 Å². The Hall–Kier alpha value is -2.17. The normalized spacial score (nSPS) is 23.4. The van der Waals surface area contributed by atoms with Gasteiger partial charge in [0.05, 0.1) is 17.9 Å². The summed E-state index contributed by atoms with van der Waals surface area (Å²) in [6.45, 7) is 3.81. The first-order valence-electron chi connectivity index (χ1n) is 8.50. The molecule has 11 heteroatoms. The molecule has 0 spiro atoms. The fourth-order valence-electron chi connectivity index (χ4n) is 2.99. The van der Waals surface area contributed by atoms with Crippen LogP contribution in [0.4, 0.5) is 22.0 Å². The summed E-state index contributed by atoms with van der Waals surface area (Å²) < 4.78 is 78.2. The Kier molecular flexibility index (Phi) is 6.68. The fourth-order valence-corrected chi connectivity index (χ4v) is 2.99. The van der Waals surface area contributed by atoms with Crippen molar-refractivity contribution >= 4 is 12.4 Å². The molecule has 0 saturated carbocycles. The Balaban J connectivity index is 2.62. The van der Waals surface area contributed by atoms with E-state index in [0.29, 0.717) is 6.61 Å². The van der Waals surface area contributed by atoms with Crippen molar-refractivity contribution in [3.63, 3.8) is 0 Å². The van der Waals surface area contributed by atoms with Gasteiger partial charge < -0.3 is 19.5 Å². The standard InChI is InChI=1S/C17H21F5N2O4/c1-8(2)4-10-11(16(25)26)13(15(18)19)24(3)14(17(20,21)22)12(10)23-7-27-5-9-6-28-9/h7-9,13,15H,4-6H2,1-3H3,(H,25,26). The Morgan fingerprint density at radius 2 is 2.04 bits per heavy atom. The topological polar surface area (TPSA) is 74.7 Å². The lowest BCUT2D eigenvalue weighted by atomic mass is 9.87. The highest BCUT2D eigenvalue weighted by atomic mass is 19.4. The van der Waals surface area contributed by atoms with Crippen molar-refractivity contribution in [3.05, 3.63) is 22.5 Å². The Morgan fingerprint density at radius 3 is 2.46 bits per heavy atom. The van der Waals surface area contributed by atoms with Gasteiger partial charge in [0.25, 0.3) is 6.43 Å². The molecule has 2 rings (SSSR count). The lowest BCUT2D eigenvalue weighted by Gasteiger charge is -2.38. The third-order valence-corrected chi connectivity index (χ3v) is 4.19. The highest BCUT2D eigenvalue weighted by Crippen LogP contribution is 2.43. The van der Waals surface area contributed by atoms with Crippen LogP contribution < -0.4 is 0 Å². The number of epoxide rings is 1. The van der Waals surface area contributed by atoms with Crippen LogP contribution in [0.25, 0.3) is 0 Å². The van der Waals surface area contributed by atoms with Crippen LogP contribution in [0, 0.1) is 5.92 Å². The summed E-state index contributed by atoms with van der Waals surface area (Å²) in [7, 11) is 0.781. The number of carboxylic acids is 1. The number of hydrogen-bond donors (Lipinski definition) is 1. The van der Waals surface area contributed by atoms with E-state index in [2.05, 4.69) is 4.99 Å². The van der Waals surface area contributed by atoms with Gasteiger partial charge in [0.1, 0.15) is 24.4 Å². The van der Waals surface area contributed by atoms with Crippen molar-refractivity contribution in [2.24, 2.45) is 10.9 Å². The number of halogens is 5. The van der Waals surface area contributed by atoms with Crippen LogP contribution in [-0.4, -0.2) is 67.4 Å². The van der Waals surface area contributed by atoms with Crippen LogP contribution in [-0.2, 0) is 14.3 Å². The number of aliphatic imine (C=N–C) groups is 1. The number of rotatable bonds is 8. The molecule has 0 aromatic rings. The smallest absolute Gasteiger partial charge is 0.433 e. The molecule has 0 aliphatic carbocycles. The molecule has 0 aromatic heterocycles. The van der Waals surface area contributed by atoms with Crippen LogP contribution >= 0.6 is 0 Å². The third kappa shape index (κ3) is 5.00. The molecule has 2 heterocycles. The summed E-state index contributed by atoms with van der Waals surface area (Å²) >= 11 is 0. The lowest BCUT2D eigenvalue weighted by Crippen LogP contribution is -2.48. The number of aliphatic carboxylic acids is 1. The minimum absolute atomic E-state index is 0.0721. The lowest BCUT2D eigenvalue weighted by molar-refractivity contribution is -0.137. The van der Waals surface area contributed by atoms with Gasteiger partial charge in [-0.1, -0.05) is 13.8 Å². The molecule has 6 nitrogen and oxygen atoms in total. The van der Waals surface area contributed by atoms with Crippen molar-refractivity contribution in [1.29, 1.82) is 0 Å². The maximum atomic E-state index is 13.7.